The van der Waals surface area contributed by atoms with Gasteiger partial charge in [-0.3, -0.25) is 9.48 Å². The predicted molar refractivity (Wildman–Crippen MR) is 75.0 cm³/mol. The number of thioether (sulfide) groups is 1. The SMILES string of the molecule is Cn1nc2c(c1NC(=O)CC1CCCOC1)CSC2. The van der Waals surface area contributed by atoms with Crippen molar-refractivity contribution in [2.75, 3.05) is 18.5 Å². The molecule has 2 aliphatic rings. The Morgan fingerprint density at radius 2 is 2.47 bits per heavy atom. The van der Waals surface area contributed by atoms with Crippen molar-refractivity contribution in [3.05, 3.63) is 11.3 Å². The lowest BCUT2D eigenvalue weighted by Crippen LogP contribution is -2.24. The third-order valence-electron chi connectivity index (χ3n) is 3.70. The van der Waals surface area contributed by atoms with Crippen LogP contribution >= 0.6 is 11.8 Å². The molecule has 1 fully saturated rings. The van der Waals surface area contributed by atoms with Crippen molar-refractivity contribution >= 4 is 23.5 Å². The van der Waals surface area contributed by atoms with Gasteiger partial charge in [-0.15, -0.1) is 0 Å². The van der Waals surface area contributed by atoms with E-state index in [2.05, 4.69) is 10.4 Å². The lowest BCUT2D eigenvalue weighted by atomic mass is 9.98. The molecule has 1 aromatic heterocycles. The molecule has 1 N–H and O–H groups in total. The van der Waals surface area contributed by atoms with Crippen LogP contribution in [0.2, 0.25) is 0 Å². The number of aryl methyl sites for hydroxylation is 1. The molecule has 1 amide bonds. The molecule has 0 saturated carbocycles. The van der Waals surface area contributed by atoms with Gasteiger partial charge in [0.05, 0.1) is 5.69 Å². The fourth-order valence-corrected chi connectivity index (χ4v) is 3.75. The Morgan fingerprint density at radius 3 is 3.26 bits per heavy atom. The van der Waals surface area contributed by atoms with Gasteiger partial charge >= 0.3 is 0 Å². The average molecular weight is 281 g/mol. The van der Waals surface area contributed by atoms with Crippen LogP contribution in [-0.4, -0.2) is 28.9 Å². The Hall–Kier alpha value is -1.01. The minimum atomic E-state index is 0.0817. The van der Waals surface area contributed by atoms with Crippen molar-refractivity contribution in [1.29, 1.82) is 0 Å². The van der Waals surface area contributed by atoms with Crippen LogP contribution < -0.4 is 5.32 Å². The zero-order valence-electron chi connectivity index (χ0n) is 11.1. The first-order valence-corrected chi connectivity index (χ1v) is 7.89. The number of aromatic nitrogens is 2. The number of anilines is 1. The van der Waals surface area contributed by atoms with Gasteiger partial charge in [0.1, 0.15) is 5.82 Å². The molecule has 0 radical (unpaired) electrons. The van der Waals surface area contributed by atoms with Crippen molar-refractivity contribution in [2.45, 2.75) is 30.8 Å². The van der Waals surface area contributed by atoms with E-state index >= 15 is 0 Å². The fraction of sp³-hybridized carbons (Fsp3) is 0.692. The maximum absolute atomic E-state index is 12.1. The summed E-state index contributed by atoms with van der Waals surface area (Å²) in [5, 5.41) is 7.48. The number of nitrogens with zero attached hydrogens (tertiary/aromatic N) is 2. The van der Waals surface area contributed by atoms with Gasteiger partial charge in [-0.2, -0.15) is 16.9 Å². The van der Waals surface area contributed by atoms with Gasteiger partial charge in [-0.25, -0.2) is 0 Å². The number of carbonyl (C=O) groups excluding carboxylic acids is 1. The molecule has 0 aliphatic carbocycles. The number of nitrogens with one attached hydrogen (secondary N) is 1. The molecule has 19 heavy (non-hydrogen) atoms. The summed E-state index contributed by atoms with van der Waals surface area (Å²) in [4.78, 5) is 12.1. The number of hydrogen-bond acceptors (Lipinski definition) is 4. The number of fused-ring (bicyclic) bond motifs is 1. The second-order valence-corrected chi connectivity index (χ2v) is 6.21. The molecule has 0 spiro atoms. The predicted octanol–water partition coefficient (Wildman–Crippen LogP) is 1.92. The van der Waals surface area contributed by atoms with E-state index in [4.69, 9.17) is 4.74 Å². The fourth-order valence-electron chi connectivity index (χ4n) is 2.71. The standard InChI is InChI=1S/C13H19N3O2S/c1-16-13(10-7-19-8-11(10)15-16)14-12(17)5-9-3-2-4-18-6-9/h9H,2-8H2,1H3,(H,14,17). The molecule has 6 heteroatoms. The summed E-state index contributed by atoms with van der Waals surface area (Å²) < 4.78 is 7.21. The molecule has 3 heterocycles. The highest BCUT2D eigenvalue weighted by Gasteiger charge is 2.24. The zero-order chi connectivity index (χ0) is 13.2. The van der Waals surface area contributed by atoms with E-state index in [1.54, 1.807) is 4.68 Å². The van der Waals surface area contributed by atoms with Crippen LogP contribution in [0, 0.1) is 5.92 Å². The van der Waals surface area contributed by atoms with Gasteiger partial charge < -0.3 is 10.1 Å². The van der Waals surface area contributed by atoms with Gasteiger partial charge in [0.25, 0.3) is 0 Å². The molecule has 2 aliphatic heterocycles. The molecule has 1 unspecified atom stereocenters. The van der Waals surface area contributed by atoms with Crippen molar-refractivity contribution in [2.24, 2.45) is 13.0 Å². The van der Waals surface area contributed by atoms with Crippen LogP contribution in [-0.2, 0) is 28.1 Å². The number of rotatable bonds is 3. The maximum atomic E-state index is 12.1. The van der Waals surface area contributed by atoms with Gasteiger partial charge in [-0.05, 0) is 18.8 Å². The summed E-state index contributed by atoms with van der Waals surface area (Å²) in [6.45, 7) is 1.55. The summed E-state index contributed by atoms with van der Waals surface area (Å²) in [6.07, 6.45) is 2.70. The van der Waals surface area contributed by atoms with E-state index in [9.17, 15) is 4.79 Å². The van der Waals surface area contributed by atoms with Crippen LogP contribution in [0.5, 0.6) is 0 Å². The minimum absolute atomic E-state index is 0.0817. The minimum Gasteiger partial charge on any atom is -0.381 e. The Balaban J connectivity index is 1.63. The van der Waals surface area contributed by atoms with E-state index < -0.39 is 0 Å². The summed E-state index contributed by atoms with van der Waals surface area (Å²) in [5.74, 6) is 3.23. The summed E-state index contributed by atoms with van der Waals surface area (Å²) in [5.41, 5.74) is 2.31. The molecule has 0 bridgehead atoms. The first-order chi connectivity index (χ1) is 9.24. The number of ether oxygens (including phenoxy) is 1. The van der Waals surface area contributed by atoms with Gasteiger partial charge in [-0.1, -0.05) is 0 Å². The Kier molecular flexibility index (Phi) is 3.79. The topological polar surface area (TPSA) is 56.2 Å². The highest BCUT2D eigenvalue weighted by Crippen LogP contribution is 2.34. The Labute approximate surface area is 117 Å². The van der Waals surface area contributed by atoms with Crippen LogP contribution in [0.3, 0.4) is 0 Å². The van der Waals surface area contributed by atoms with Gasteiger partial charge in [0, 0.05) is 43.8 Å². The first kappa shape index (κ1) is 13.0. The van der Waals surface area contributed by atoms with Crippen molar-refractivity contribution in [1.82, 2.24) is 9.78 Å². The largest absolute Gasteiger partial charge is 0.381 e. The third kappa shape index (κ3) is 2.79. The monoisotopic (exact) mass is 281 g/mol. The summed E-state index contributed by atoms with van der Waals surface area (Å²) in [7, 11) is 1.89. The normalized spacial score (nSPS) is 22.3. The van der Waals surface area contributed by atoms with Crippen LogP contribution in [0.15, 0.2) is 0 Å². The van der Waals surface area contributed by atoms with E-state index in [-0.39, 0.29) is 5.91 Å². The third-order valence-corrected chi connectivity index (χ3v) is 4.67. The highest BCUT2D eigenvalue weighted by atomic mass is 32.2. The lowest BCUT2D eigenvalue weighted by molar-refractivity contribution is -0.118. The summed E-state index contributed by atoms with van der Waals surface area (Å²) >= 11 is 1.85. The smallest absolute Gasteiger partial charge is 0.225 e. The molecule has 3 rings (SSSR count). The van der Waals surface area contributed by atoms with Crippen LogP contribution in [0.4, 0.5) is 5.82 Å². The zero-order valence-corrected chi connectivity index (χ0v) is 12.0. The van der Waals surface area contributed by atoms with Gasteiger partial charge in [0.15, 0.2) is 0 Å². The molecule has 0 aromatic carbocycles. The highest BCUT2D eigenvalue weighted by molar-refractivity contribution is 7.98. The molecular weight excluding hydrogens is 262 g/mol. The number of hydrogen-bond donors (Lipinski definition) is 1. The molecular formula is C13H19N3O2S. The number of amides is 1. The molecule has 1 aromatic rings. The van der Waals surface area contributed by atoms with Crippen LogP contribution in [0.1, 0.15) is 30.5 Å². The molecule has 104 valence electrons. The Morgan fingerprint density at radius 1 is 1.58 bits per heavy atom. The molecule has 1 saturated heterocycles. The first-order valence-electron chi connectivity index (χ1n) is 6.74. The number of carbonyl (C=O) groups is 1. The molecule has 1 atom stereocenters. The molecule has 5 nitrogen and oxygen atoms in total. The second kappa shape index (κ2) is 5.54. The van der Waals surface area contributed by atoms with Crippen molar-refractivity contribution in [3.63, 3.8) is 0 Å². The average Bonchev–Trinajstić information content (AvgIpc) is 2.94. The Bertz CT molecular complexity index is 480. The van der Waals surface area contributed by atoms with Crippen LogP contribution in [0.25, 0.3) is 0 Å². The van der Waals surface area contributed by atoms with E-state index in [1.807, 2.05) is 18.8 Å². The van der Waals surface area contributed by atoms with E-state index in [1.165, 1.54) is 5.56 Å². The van der Waals surface area contributed by atoms with Crippen molar-refractivity contribution in [3.8, 4) is 0 Å². The maximum Gasteiger partial charge on any atom is 0.225 e. The second-order valence-electron chi connectivity index (χ2n) is 5.23. The van der Waals surface area contributed by atoms with E-state index in [0.29, 0.717) is 18.9 Å². The lowest BCUT2D eigenvalue weighted by Gasteiger charge is -2.21. The van der Waals surface area contributed by atoms with Gasteiger partial charge in [0.2, 0.25) is 5.91 Å². The van der Waals surface area contributed by atoms with E-state index in [0.717, 1.165) is 42.5 Å². The van der Waals surface area contributed by atoms with Crippen molar-refractivity contribution < 1.29 is 9.53 Å². The quantitative estimate of drug-likeness (QED) is 0.919. The summed E-state index contributed by atoms with van der Waals surface area (Å²) in [6, 6.07) is 0.